The van der Waals surface area contributed by atoms with Crippen molar-refractivity contribution in [2.75, 3.05) is 41.4 Å². The summed E-state index contributed by atoms with van der Waals surface area (Å²) in [5, 5.41) is 0. The predicted octanol–water partition coefficient (Wildman–Crippen LogP) is 4.96. The molecule has 0 spiro atoms. The van der Waals surface area contributed by atoms with E-state index in [0.717, 1.165) is 36.1 Å². The molecule has 0 unspecified atom stereocenters. The number of aryl methyl sites for hydroxylation is 1. The van der Waals surface area contributed by atoms with Crippen LogP contribution in [0.5, 0.6) is 11.5 Å². The van der Waals surface area contributed by atoms with Gasteiger partial charge in [0.25, 0.3) is 0 Å². The Balaban J connectivity index is 1.78. The van der Waals surface area contributed by atoms with Crippen molar-refractivity contribution >= 4 is 23.3 Å². The van der Waals surface area contributed by atoms with Gasteiger partial charge in [0.15, 0.2) is 11.5 Å². The molecule has 0 saturated heterocycles. The van der Waals surface area contributed by atoms with Crippen molar-refractivity contribution in [2.24, 2.45) is 0 Å². The maximum Gasteiger partial charge on any atom is 0.320 e. The quantitative estimate of drug-likeness (QED) is 0.462. The number of nitrogens with zero attached hydrogens (tertiary/aromatic N) is 3. The Hall–Kier alpha value is -2.74. The highest BCUT2D eigenvalue weighted by molar-refractivity contribution is 7.11. The highest BCUT2D eigenvalue weighted by atomic mass is 32.1. The normalized spacial score (nSPS) is 13.9. The molecule has 0 aliphatic heterocycles. The van der Waals surface area contributed by atoms with Crippen LogP contribution in [0.25, 0.3) is 0 Å². The van der Waals surface area contributed by atoms with Gasteiger partial charge < -0.3 is 24.2 Å². The number of hydrogen-bond acceptors (Lipinski definition) is 5. The highest BCUT2D eigenvalue weighted by Crippen LogP contribution is 2.28. The number of thiophene rings is 1. The third-order valence-electron chi connectivity index (χ3n) is 6.56. The van der Waals surface area contributed by atoms with Crippen molar-refractivity contribution in [2.45, 2.75) is 58.0 Å². The maximum absolute atomic E-state index is 13.7. The molecule has 0 bridgehead atoms. The fourth-order valence-electron chi connectivity index (χ4n) is 4.60. The molecule has 1 aliphatic carbocycles. The molecule has 1 aromatic heterocycles. The van der Waals surface area contributed by atoms with Crippen LogP contribution in [0, 0.1) is 6.92 Å². The molecule has 3 rings (SSSR count). The Morgan fingerprint density at radius 2 is 1.71 bits per heavy atom. The van der Waals surface area contributed by atoms with E-state index < -0.39 is 0 Å². The molecule has 1 aliphatic rings. The SMILES string of the molecule is COc1ccc(CCN(Cc2ccc(C)s2)C(=O)CN(C(=O)N(C)C)C2CCCCC2)cc1OC. The topological polar surface area (TPSA) is 62.3 Å². The van der Waals surface area contributed by atoms with Gasteiger partial charge in [-0.2, -0.15) is 0 Å². The summed E-state index contributed by atoms with van der Waals surface area (Å²) in [5.41, 5.74) is 1.07. The number of carbonyl (C=O) groups excluding carboxylic acids is 2. The smallest absolute Gasteiger partial charge is 0.320 e. The summed E-state index contributed by atoms with van der Waals surface area (Å²) in [4.78, 5) is 34.3. The van der Waals surface area contributed by atoms with E-state index in [0.29, 0.717) is 31.0 Å². The Morgan fingerprint density at radius 1 is 1.00 bits per heavy atom. The van der Waals surface area contributed by atoms with E-state index in [4.69, 9.17) is 9.47 Å². The van der Waals surface area contributed by atoms with E-state index in [9.17, 15) is 9.59 Å². The summed E-state index contributed by atoms with van der Waals surface area (Å²) >= 11 is 1.71. The van der Waals surface area contributed by atoms with Crippen LogP contribution < -0.4 is 9.47 Å². The van der Waals surface area contributed by atoms with Gasteiger partial charge in [0, 0.05) is 36.4 Å². The van der Waals surface area contributed by atoms with E-state index >= 15 is 0 Å². The Kier molecular flexibility index (Phi) is 9.83. The Bertz CT molecular complexity index is 985. The number of amides is 3. The number of hydrogen-bond donors (Lipinski definition) is 0. The molecule has 0 atom stereocenters. The van der Waals surface area contributed by atoms with Gasteiger partial charge in [-0.05, 0) is 56.0 Å². The molecule has 1 heterocycles. The first-order chi connectivity index (χ1) is 16.8. The molecule has 7 nitrogen and oxygen atoms in total. The van der Waals surface area contributed by atoms with Crippen molar-refractivity contribution in [3.05, 3.63) is 45.6 Å². The van der Waals surface area contributed by atoms with Gasteiger partial charge >= 0.3 is 6.03 Å². The van der Waals surface area contributed by atoms with Crippen molar-refractivity contribution < 1.29 is 19.1 Å². The number of urea groups is 1. The van der Waals surface area contributed by atoms with Crippen LogP contribution >= 0.6 is 11.3 Å². The van der Waals surface area contributed by atoms with Gasteiger partial charge in [-0.15, -0.1) is 11.3 Å². The molecule has 1 fully saturated rings. The number of methoxy groups -OCH3 is 2. The zero-order chi connectivity index (χ0) is 25.4. The lowest BCUT2D eigenvalue weighted by Crippen LogP contribution is -2.51. The molecule has 0 radical (unpaired) electrons. The highest BCUT2D eigenvalue weighted by Gasteiger charge is 2.30. The molecule has 1 saturated carbocycles. The fraction of sp³-hybridized carbons (Fsp3) is 0.556. The van der Waals surface area contributed by atoms with Crippen molar-refractivity contribution in [1.29, 1.82) is 0 Å². The van der Waals surface area contributed by atoms with E-state index in [1.807, 2.05) is 23.1 Å². The first kappa shape index (κ1) is 26.9. The van der Waals surface area contributed by atoms with Gasteiger partial charge in [0.1, 0.15) is 6.54 Å². The molecule has 1 aromatic carbocycles. The van der Waals surface area contributed by atoms with Crippen LogP contribution in [-0.4, -0.2) is 74.1 Å². The Morgan fingerprint density at radius 3 is 2.31 bits per heavy atom. The molecular weight excluding hydrogens is 462 g/mol. The first-order valence-corrected chi connectivity index (χ1v) is 13.2. The third kappa shape index (κ3) is 7.37. The molecule has 2 aromatic rings. The van der Waals surface area contributed by atoms with Gasteiger partial charge in [0.2, 0.25) is 5.91 Å². The fourth-order valence-corrected chi connectivity index (χ4v) is 5.50. The van der Waals surface area contributed by atoms with Gasteiger partial charge in [-0.3, -0.25) is 4.79 Å². The summed E-state index contributed by atoms with van der Waals surface area (Å²) in [7, 11) is 6.75. The second-order valence-corrected chi connectivity index (χ2v) is 10.7. The molecule has 192 valence electrons. The van der Waals surface area contributed by atoms with Crippen LogP contribution in [0.3, 0.4) is 0 Å². The van der Waals surface area contributed by atoms with Crippen molar-refractivity contribution in [1.82, 2.24) is 14.7 Å². The third-order valence-corrected chi connectivity index (χ3v) is 7.55. The van der Waals surface area contributed by atoms with Crippen LogP contribution in [0.15, 0.2) is 30.3 Å². The van der Waals surface area contributed by atoms with Gasteiger partial charge in [-0.25, -0.2) is 4.79 Å². The zero-order valence-electron chi connectivity index (χ0n) is 21.7. The van der Waals surface area contributed by atoms with E-state index in [1.165, 1.54) is 11.3 Å². The second-order valence-electron chi connectivity index (χ2n) is 9.36. The van der Waals surface area contributed by atoms with Gasteiger partial charge in [-0.1, -0.05) is 25.3 Å². The van der Waals surface area contributed by atoms with E-state index in [2.05, 4.69) is 19.1 Å². The van der Waals surface area contributed by atoms with Crippen LogP contribution in [-0.2, 0) is 17.8 Å². The average molecular weight is 502 g/mol. The van der Waals surface area contributed by atoms with Crippen molar-refractivity contribution in [3.63, 3.8) is 0 Å². The Labute approximate surface area is 213 Å². The van der Waals surface area contributed by atoms with Crippen LogP contribution in [0.2, 0.25) is 0 Å². The largest absolute Gasteiger partial charge is 0.493 e. The predicted molar refractivity (Wildman–Crippen MR) is 140 cm³/mol. The lowest BCUT2D eigenvalue weighted by molar-refractivity contribution is -0.133. The number of rotatable bonds is 10. The minimum atomic E-state index is -0.0861. The average Bonchev–Trinajstić information content (AvgIpc) is 3.29. The lowest BCUT2D eigenvalue weighted by Gasteiger charge is -2.36. The van der Waals surface area contributed by atoms with Crippen molar-refractivity contribution in [3.8, 4) is 11.5 Å². The molecule has 3 amide bonds. The summed E-state index contributed by atoms with van der Waals surface area (Å²) < 4.78 is 10.8. The second kappa shape index (κ2) is 12.8. The molecule has 35 heavy (non-hydrogen) atoms. The minimum absolute atomic E-state index is 0.0164. The summed E-state index contributed by atoms with van der Waals surface area (Å²) in [6, 6.07) is 10.1. The number of carbonyl (C=O) groups is 2. The maximum atomic E-state index is 13.7. The molecular formula is C27H39N3O4S. The number of ether oxygens (including phenoxy) is 2. The van der Waals surface area contributed by atoms with Crippen LogP contribution in [0.4, 0.5) is 4.79 Å². The monoisotopic (exact) mass is 501 g/mol. The molecule has 0 N–H and O–H groups in total. The lowest BCUT2D eigenvalue weighted by atomic mass is 9.94. The first-order valence-electron chi connectivity index (χ1n) is 12.3. The minimum Gasteiger partial charge on any atom is -0.493 e. The zero-order valence-corrected chi connectivity index (χ0v) is 22.5. The number of benzene rings is 1. The summed E-state index contributed by atoms with van der Waals surface area (Å²) in [6.07, 6.45) is 6.01. The summed E-state index contributed by atoms with van der Waals surface area (Å²) in [6.45, 7) is 3.28. The van der Waals surface area contributed by atoms with E-state index in [1.54, 1.807) is 49.5 Å². The molecule has 8 heteroatoms. The summed E-state index contributed by atoms with van der Waals surface area (Å²) in [5.74, 6) is 1.35. The van der Waals surface area contributed by atoms with Gasteiger partial charge in [0.05, 0.1) is 20.8 Å². The standard InChI is InChI=1S/C27H39N3O4S/c1-20-11-13-23(35-20)18-29(16-15-21-12-14-24(33-4)25(17-21)34-5)26(31)19-30(27(32)28(2)3)22-9-7-6-8-10-22/h11-14,17,22H,6-10,15-16,18-19H2,1-5H3. The van der Waals surface area contributed by atoms with E-state index in [-0.39, 0.29) is 24.5 Å². The van der Waals surface area contributed by atoms with Crippen LogP contribution in [0.1, 0.15) is 47.4 Å².